The Hall–Kier alpha value is -0.266. The van der Waals surface area contributed by atoms with Gasteiger partial charge < -0.3 is 6.92 Å². The SMILES string of the molecule is CC.[CH2-]Cc1ncc(CC)c2ccccc12.[Y]. The van der Waals surface area contributed by atoms with E-state index in [9.17, 15) is 0 Å². The second kappa shape index (κ2) is 8.77. The molecule has 0 spiro atoms. The Balaban J connectivity index is 0.000000811. The van der Waals surface area contributed by atoms with Crippen molar-refractivity contribution >= 4 is 10.8 Å². The van der Waals surface area contributed by atoms with Crippen molar-refractivity contribution in [1.82, 2.24) is 4.98 Å². The topological polar surface area (TPSA) is 12.9 Å². The van der Waals surface area contributed by atoms with E-state index in [-0.39, 0.29) is 32.7 Å². The maximum absolute atomic E-state index is 4.43. The van der Waals surface area contributed by atoms with Crippen molar-refractivity contribution in [3.8, 4) is 0 Å². The minimum Gasteiger partial charge on any atom is -0.338 e. The van der Waals surface area contributed by atoms with Crippen LogP contribution in [0.1, 0.15) is 32.0 Å². The fraction of sp³-hybridized carbons (Fsp3) is 0.333. The van der Waals surface area contributed by atoms with Gasteiger partial charge in [0, 0.05) is 50.0 Å². The van der Waals surface area contributed by atoms with Crippen molar-refractivity contribution in [2.75, 3.05) is 0 Å². The van der Waals surface area contributed by atoms with E-state index in [2.05, 4.69) is 43.1 Å². The van der Waals surface area contributed by atoms with Crippen molar-refractivity contribution in [3.63, 3.8) is 0 Å². The maximum atomic E-state index is 4.43. The minimum atomic E-state index is 0. The van der Waals surface area contributed by atoms with Gasteiger partial charge in [-0.05, 0) is 17.4 Å². The van der Waals surface area contributed by atoms with Crippen LogP contribution in [-0.2, 0) is 45.6 Å². The summed E-state index contributed by atoms with van der Waals surface area (Å²) < 4.78 is 0. The molecule has 2 aromatic rings. The van der Waals surface area contributed by atoms with Crippen LogP contribution < -0.4 is 0 Å². The Morgan fingerprint density at radius 3 is 2.24 bits per heavy atom. The molecule has 1 nitrogen and oxygen atoms in total. The quantitative estimate of drug-likeness (QED) is 0.758. The average molecular weight is 303 g/mol. The van der Waals surface area contributed by atoms with E-state index >= 15 is 0 Å². The third-order valence-corrected chi connectivity index (χ3v) is 2.58. The minimum absolute atomic E-state index is 0. The van der Waals surface area contributed by atoms with E-state index in [4.69, 9.17) is 0 Å². The van der Waals surface area contributed by atoms with Crippen LogP contribution >= 0.6 is 0 Å². The molecule has 0 aliphatic rings. The Bertz CT molecular complexity index is 409. The molecule has 0 aliphatic heterocycles. The van der Waals surface area contributed by atoms with Gasteiger partial charge in [0.2, 0.25) is 0 Å². The van der Waals surface area contributed by atoms with Crippen molar-refractivity contribution in [1.29, 1.82) is 0 Å². The zero-order valence-corrected chi connectivity index (χ0v) is 13.9. The van der Waals surface area contributed by atoms with Crippen molar-refractivity contribution in [2.24, 2.45) is 0 Å². The summed E-state index contributed by atoms with van der Waals surface area (Å²) >= 11 is 0. The number of aryl methyl sites for hydroxylation is 1. The number of hydrogen-bond acceptors (Lipinski definition) is 1. The van der Waals surface area contributed by atoms with Gasteiger partial charge in [0.15, 0.2) is 0 Å². The van der Waals surface area contributed by atoms with Crippen LogP contribution in [-0.4, -0.2) is 4.98 Å². The molecule has 89 valence electrons. The summed E-state index contributed by atoms with van der Waals surface area (Å²) in [6.45, 7) is 10.1. The molecular formula is C15H20NY-. The first-order chi connectivity index (χ1) is 7.86. The summed E-state index contributed by atoms with van der Waals surface area (Å²) in [4.78, 5) is 4.43. The van der Waals surface area contributed by atoms with Gasteiger partial charge in [0.1, 0.15) is 0 Å². The van der Waals surface area contributed by atoms with Crippen molar-refractivity contribution in [3.05, 3.63) is 48.6 Å². The molecule has 0 aliphatic carbocycles. The molecular weight excluding hydrogens is 283 g/mol. The number of hydrogen-bond donors (Lipinski definition) is 0. The Morgan fingerprint density at radius 1 is 1.12 bits per heavy atom. The third-order valence-electron chi connectivity index (χ3n) is 2.58. The van der Waals surface area contributed by atoms with Crippen LogP contribution in [0.4, 0.5) is 0 Å². The molecule has 0 saturated heterocycles. The molecule has 1 aromatic heterocycles. The monoisotopic (exact) mass is 303 g/mol. The van der Waals surface area contributed by atoms with Crippen LogP contribution in [0.5, 0.6) is 0 Å². The van der Waals surface area contributed by atoms with Gasteiger partial charge in [0.05, 0.1) is 0 Å². The number of rotatable bonds is 2. The van der Waals surface area contributed by atoms with Crippen molar-refractivity contribution < 1.29 is 32.7 Å². The van der Waals surface area contributed by atoms with E-state index in [0.29, 0.717) is 0 Å². The Morgan fingerprint density at radius 2 is 1.71 bits per heavy atom. The van der Waals surface area contributed by atoms with Crippen LogP contribution in [0, 0.1) is 6.92 Å². The number of benzene rings is 1. The number of fused-ring (bicyclic) bond motifs is 1. The molecule has 1 heterocycles. The van der Waals surface area contributed by atoms with Gasteiger partial charge >= 0.3 is 0 Å². The number of pyridine rings is 1. The van der Waals surface area contributed by atoms with E-state index in [0.717, 1.165) is 18.5 Å². The van der Waals surface area contributed by atoms with E-state index in [1.54, 1.807) is 0 Å². The zero-order chi connectivity index (χ0) is 12.0. The normalized spacial score (nSPS) is 9.18. The van der Waals surface area contributed by atoms with Crippen LogP contribution in [0.25, 0.3) is 10.8 Å². The van der Waals surface area contributed by atoms with Crippen LogP contribution in [0.15, 0.2) is 30.5 Å². The van der Waals surface area contributed by atoms with E-state index in [1.807, 2.05) is 20.0 Å². The van der Waals surface area contributed by atoms with E-state index in [1.165, 1.54) is 16.3 Å². The van der Waals surface area contributed by atoms with Gasteiger partial charge in [-0.25, -0.2) is 0 Å². The molecule has 1 radical (unpaired) electrons. The smallest absolute Gasteiger partial charge is 0.0308 e. The largest absolute Gasteiger partial charge is 0.338 e. The molecule has 0 amide bonds. The van der Waals surface area contributed by atoms with Crippen LogP contribution in [0.3, 0.4) is 0 Å². The predicted molar refractivity (Wildman–Crippen MR) is 71.5 cm³/mol. The number of aromatic nitrogens is 1. The molecule has 2 heteroatoms. The van der Waals surface area contributed by atoms with Crippen LogP contribution in [0.2, 0.25) is 0 Å². The molecule has 2 rings (SSSR count). The molecule has 17 heavy (non-hydrogen) atoms. The summed E-state index contributed by atoms with van der Waals surface area (Å²) in [6, 6.07) is 8.42. The number of nitrogens with zero attached hydrogens (tertiary/aromatic N) is 1. The standard InChI is InChI=1S/C13H14N.C2H6.Y/c1-3-10-9-14-13(4-2)12-8-6-5-7-11(10)12;1-2;/h5-9H,2-4H2,1H3;1-2H3;/q-1;;. The fourth-order valence-corrected chi connectivity index (χ4v) is 1.79. The van der Waals surface area contributed by atoms with Gasteiger partial charge in [-0.15, -0.1) is 6.42 Å². The van der Waals surface area contributed by atoms with Gasteiger partial charge in [-0.1, -0.05) is 45.0 Å². The first-order valence-corrected chi connectivity index (χ1v) is 6.01. The second-order valence-corrected chi connectivity index (χ2v) is 3.38. The summed E-state index contributed by atoms with van der Waals surface area (Å²) in [5, 5.41) is 2.57. The molecule has 0 saturated carbocycles. The average Bonchev–Trinajstić information content (AvgIpc) is 2.39. The molecule has 0 fully saturated rings. The van der Waals surface area contributed by atoms with Crippen molar-refractivity contribution in [2.45, 2.75) is 33.6 Å². The molecule has 1 aromatic carbocycles. The van der Waals surface area contributed by atoms with E-state index < -0.39 is 0 Å². The van der Waals surface area contributed by atoms with Gasteiger partial charge in [-0.2, -0.15) is 0 Å². The fourth-order valence-electron chi connectivity index (χ4n) is 1.79. The Labute approximate surface area is 130 Å². The third kappa shape index (κ3) is 3.86. The molecule has 0 bridgehead atoms. The second-order valence-electron chi connectivity index (χ2n) is 3.38. The summed E-state index contributed by atoms with van der Waals surface area (Å²) in [6.07, 6.45) is 3.76. The molecule has 0 unspecified atom stereocenters. The predicted octanol–water partition coefficient (Wildman–Crippen LogP) is 4.20. The molecule has 0 atom stereocenters. The van der Waals surface area contributed by atoms with Gasteiger partial charge in [0.25, 0.3) is 0 Å². The first kappa shape index (κ1) is 16.7. The summed E-state index contributed by atoms with van der Waals surface area (Å²) in [7, 11) is 0. The molecule has 0 N–H and O–H groups in total. The first-order valence-electron chi connectivity index (χ1n) is 6.01. The Kier molecular flexibility index (Phi) is 8.63. The zero-order valence-electron chi connectivity index (χ0n) is 11.0. The summed E-state index contributed by atoms with van der Waals surface area (Å²) in [5.74, 6) is 0. The summed E-state index contributed by atoms with van der Waals surface area (Å²) in [5.41, 5.74) is 2.41. The maximum Gasteiger partial charge on any atom is 0.0308 e. The van der Waals surface area contributed by atoms with Gasteiger partial charge in [-0.3, -0.25) is 4.98 Å².